The third-order valence-corrected chi connectivity index (χ3v) is 5.67. The van der Waals surface area contributed by atoms with Crippen LogP contribution in [0.1, 0.15) is 63.9 Å². The van der Waals surface area contributed by atoms with E-state index >= 15 is 0 Å². The standard InChI is InChI=1S/C22H27ClN6O/c1-14(30)27-28-11-7-10-19(28)29-18(12-15-8-5-6-9-16(15)23)25-17-13-24-21(22(2,3)4)26-20(17)29/h5-6,8-9,13,19H,7,10-12H2,1-4H3,(H,27,30)/t19-/m1/s1. The molecule has 0 radical (unpaired) electrons. The van der Waals surface area contributed by atoms with Crippen LogP contribution in [0.4, 0.5) is 0 Å². The van der Waals surface area contributed by atoms with Gasteiger partial charge in [-0.15, -0.1) is 0 Å². The number of carbonyl (C=O) groups excluding carboxylic acids is 1. The molecule has 1 N–H and O–H groups in total. The summed E-state index contributed by atoms with van der Waals surface area (Å²) < 4.78 is 2.15. The summed E-state index contributed by atoms with van der Waals surface area (Å²) in [6.45, 7) is 8.61. The highest BCUT2D eigenvalue weighted by atomic mass is 35.5. The van der Waals surface area contributed by atoms with Gasteiger partial charge in [-0.1, -0.05) is 50.6 Å². The van der Waals surface area contributed by atoms with E-state index in [0.717, 1.165) is 47.8 Å². The highest BCUT2D eigenvalue weighted by Crippen LogP contribution is 2.32. The molecular formula is C22H27ClN6O. The van der Waals surface area contributed by atoms with Crippen LogP contribution in [0.25, 0.3) is 11.2 Å². The molecule has 7 nitrogen and oxygen atoms in total. The molecule has 1 aromatic carbocycles. The highest BCUT2D eigenvalue weighted by Gasteiger charge is 2.31. The van der Waals surface area contributed by atoms with E-state index in [1.807, 2.05) is 29.3 Å². The lowest BCUT2D eigenvalue weighted by Crippen LogP contribution is -2.42. The molecule has 0 saturated carbocycles. The van der Waals surface area contributed by atoms with E-state index in [1.165, 1.54) is 6.92 Å². The van der Waals surface area contributed by atoms with Crippen LogP contribution in [-0.2, 0) is 16.6 Å². The lowest BCUT2D eigenvalue weighted by molar-refractivity contribution is -0.124. The van der Waals surface area contributed by atoms with Crippen molar-refractivity contribution in [3.63, 3.8) is 0 Å². The fraction of sp³-hybridized carbons (Fsp3) is 0.455. The Kier molecular flexibility index (Phi) is 5.51. The van der Waals surface area contributed by atoms with Crippen molar-refractivity contribution in [3.05, 3.63) is 52.7 Å². The van der Waals surface area contributed by atoms with E-state index in [-0.39, 0.29) is 17.5 Å². The first-order valence-corrected chi connectivity index (χ1v) is 10.6. The van der Waals surface area contributed by atoms with Crippen molar-refractivity contribution in [1.82, 2.24) is 30.0 Å². The van der Waals surface area contributed by atoms with E-state index < -0.39 is 0 Å². The Balaban J connectivity index is 1.86. The van der Waals surface area contributed by atoms with Gasteiger partial charge in [0.05, 0.1) is 6.20 Å². The molecule has 1 saturated heterocycles. The molecule has 0 aliphatic carbocycles. The zero-order valence-corrected chi connectivity index (χ0v) is 18.6. The van der Waals surface area contributed by atoms with Crippen molar-refractivity contribution >= 4 is 28.7 Å². The summed E-state index contributed by atoms with van der Waals surface area (Å²) >= 11 is 6.44. The van der Waals surface area contributed by atoms with Gasteiger partial charge in [0.25, 0.3) is 0 Å². The molecule has 4 rings (SSSR count). The van der Waals surface area contributed by atoms with E-state index in [2.05, 4.69) is 35.7 Å². The lowest BCUT2D eigenvalue weighted by Gasteiger charge is -2.27. The van der Waals surface area contributed by atoms with Crippen molar-refractivity contribution in [2.24, 2.45) is 0 Å². The number of nitrogens with zero attached hydrogens (tertiary/aromatic N) is 5. The monoisotopic (exact) mass is 426 g/mol. The minimum absolute atomic E-state index is 0.0564. The quantitative estimate of drug-likeness (QED) is 0.682. The average molecular weight is 427 g/mol. The Hall–Kier alpha value is -2.51. The summed E-state index contributed by atoms with van der Waals surface area (Å²) in [4.78, 5) is 26.1. The SMILES string of the molecule is CC(=O)NN1CCC[C@H]1n1c(Cc2ccccc2Cl)nc2cnc(C(C)(C)C)nc21. The summed E-state index contributed by atoms with van der Waals surface area (Å²) in [7, 11) is 0. The van der Waals surface area contributed by atoms with Gasteiger partial charge in [-0.25, -0.2) is 15.0 Å². The van der Waals surface area contributed by atoms with Crippen LogP contribution in [0.5, 0.6) is 0 Å². The predicted octanol–water partition coefficient (Wildman–Crippen LogP) is 4.01. The van der Waals surface area contributed by atoms with Crippen LogP contribution in [-0.4, -0.2) is 37.0 Å². The first-order chi connectivity index (χ1) is 14.2. The molecule has 158 valence electrons. The van der Waals surface area contributed by atoms with Gasteiger partial charge in [-0.3, -0.25) is 14.8 Å². The molecule has 1 fully saturated rings. The maximum Gasteiger partial charge on any atom is 0.231 e. The van der Waals surface area contributed by atoms with Crippen LogP contribution in [0.15, 0.2) is 30.5 Å². The summed E-state index contributed by atoms with van der Waals surface area (Å²) in [5.74, 6) is 1.55. The van der Waals surface area contributed by atoms with E-state index in [4.69, 9.17) is 21.6 Å². The number of amides is 1. The molecule has 2 aromatic heterocycles. The number of fused-ring (bicyclic) bond motifs is 1. The largest absolute Gasteiger partial charge is 0.294 e. The van der Waals surface area contributed by atoms with Gasteiger partial charge < -0.3 is 0 Å². The number of benzene rings is 1. The molecule has 0 unspecified atom stereocenters. The van der Waals surface area contributed by atoms with Crippen molar-refractivity contribution in [1.29, 1.82) is 0 Å². The minimum atomic E-state index is -0.181. The van der Waals surface area contributed by atoms with Gasteiger partial charge in [-0.2, -0.15) is 5.01 Å². The number of aromatic nitrogens is 4. The molecule has 3 aromatic rings. The van der Waals surface area contributed by atoms with E-state index in [9.17, 15) is 4.79 Å². The predicted molar refractivity (Wildman–Crippen MR) is 117 cm³/mol. The number of hydrazine groups is 1. The van der Waals surface area contributed by atoms with Gasteiger partial charge in [0, 0.05) is 30.3 Å². The molecule has 1 atom stereocenters. The van der Waals surface area contributed by atoms with Crippen LogP contribution in [0.3, 0.4) is 0 Å². The van der Waals surface area contributed by atoms with Gasteiger partial charge in [-0.05, 0) is 24.5 Å². The lowest BCUT2D eigenvalue weighted by atomic mass is 9.96. The van der Waals surface area contributed by atoms with Gasteiger partial charge in [0.15, 0.2) is 5.65 Å². The third kappa shape index (κ3) is 4.04. The zero-order chi connectivity index (χ0) is 21.5. The Labute approximate surface area is 181 Å². The number of carbonyl (C=O) groups is 1. The second-order valence-corrected chi connectivity index (χ2v) is 9.21. The number of nitrogens with one attached hydrogen (secondary N) is 1. The summed E-state index contributed by atoms with van der Waals surface area (Å²) in [6.07, 6.45) is 4.20. The van der Waals surface area contributed by atoms with Crippen LogP contribution in [0.2, 0.25) is 5.02 Å². The van der Waals surface area contributed by atoms with Gasteiger partial charge in [0.2, 0.25) is 5.91 Å². The van der Waals surface area contributed by atoms with Crippen LogP contribution in [0, 0.1) is 0 Å². The highest BCUT2D eigenvalue weighted by molar-refractivity contribution is 6.31. The molecule has 30 heavy (non-hydrogen) atoms. The van der Waals surface area contributed by atoms with Crippen molar-refractivity contribution in [2.45, 2.75) is 58.5 Å². The second kappa shape index (κ2) is 7.96. The Morgan fingerprint density at radius 3 is 2.73 bits per heavy atom. The molecule has 0 spiro atoms. The fourth-order valence-electron chi connectivity index (χ4n) is 3.90. The molecular weight excluding hydrogens is 400 g/mol. The summed E-state index contributed by atoms with van der Waals surface area (Å²) in [5, 5.41) is 2.70. The van der Waals surface area contributed by atoms with Crippen molar-refractivity contribution < 1.29 is 4.79 Å². The fourth-order valence-corrected chi connectivity index (χ4v) is 4.10. The van der Waals surface area contributed by atoms with Crippen molar-refractivity contribution in [2.75, 3.05) is 6.54 Å². The molecule has 0 bridgehead atoms. The average Bonchev–Trinajstić information content (AvgIpc) is 3.25. The second-order valence-electron chi connectivity index (χ2n) is 8.80. The molecule has 1 aliphatic rings. The zero-order valence-electron chi connectivity index (χ0n) is 17.8. The summed E-state index contributed by atoms with van der Waals surface area (Å²) in [6, 6.07) is 7.80. The molecule has 3 heterocycles. The maximum absolute atomic E-state index is 11.8. The van der Waals surface area contributed by atoms with E-state index in [1.54, 1.807) is 6.20 Å². The normalized spacial score (nSPS) is 17.6. The van der Waals surface area contributed by atoms with Crippen molar-refractivity contribution in [3.8, 4) is 0 Å². The minimum Gasteiger partial charge on any atom is -0.294 e. The number of hydrogen-bond donors (Lipinski definition) is 1. The molecule has 8 heteroatoms. The number of imidazole rings is 1. The summed E-state index contributed by atoms with van der Waals surface area (Å²) in [5.41, 5.74) is 5.33. The Bertz CT molecular complexity index is 1090. The van der Waals surface area contributed by atoms with E-state index in [0.29, 0.717) is 11.4 Å². The van der Waals surface area contributed by atoms with Gasteiger partial charge in [0.1, 0.15) is 23.3 Å². The molecule has 1 amide bonds. The topological polar surface area (TPSA) is 75.9 Å². The molecule has 1 aliphatic heterocycles. The number of halogens is 1. The smallest absolute Gasteiger partial charge is 0.231 e. The van der Waals surface area contributed by atoms with Crippen LogP contribution >= 0.6 is 11.6 Å². The number of hydrogen-bond acceptors (Lipinski definition) is 5. The Morgan fingerprint density at radius 2 is 2.03 bits per heavy atom. The maximum atomic E-state index is 11.8. The third-order valence-electron chi connectivity index (χ3n) is 5.30. The van der Waals surface area contributed by atoms with Crippen LogP contribution < -0.4 is 5.43 Å². The Morgan fingerprint density at radius 1 is 1.27 bits per heavy atom. The van der Waals surface area contributed by atoms with Gasteiger partial charge >= 0.3 is 0 Å². The first kappa shape index (κ1) is 20.8. The first-order valence-electron chi connectivity index (χ1n) is 10.3. The number of rotatable bonds is 4.